The number of benzene rings is 2. The first kappa shape index (κ1) is 38.4. The number of hydrogen-bond acceptors (Lipinski definition) is 11. The summed E-state index contributed by atoms with van der Waals surface area (Å²) >= 11 is 0. The van der Waals surface area contributed by atoms with Crippen molar-refractivity contribution in [3.05, 3.63) is 122 Å². The molecule has 0 radical (unpaired) electrons. The second-order valence-corrected chi connectivity index (χ2v) is 13.2. The third-order valence-corrected chi connectivity index (χ3v) is 9.82. The molecule has 5 rings (SSSR count). The number of hydrogen-bond donors (Lipinski definition) is 3. The molecule has 0 bridgehead atoms. The molecule has 1 saturated heterocycles. The number of carbonyl (C=O) groups is 3. The van der Waals surface area contributed by atoms with Gasteiger partial charge in [-0.2, -0.15) is 0 Å². The molecule has 2 aromatic rings. The van der Waals surface area contributed by atoms with Crippen LogP contribution in [0.4, 0.5) is 9.59 Å². The summed E-state index contributed by atoms with van der Waals surface area (Å²) < 4.78 is 29.5. The van der Waals surface area contributed by atoms with E-state index >= 15 is 0 Å². The summed E-state index contributed by atoms with van der Waals surface area (Å²) in [6.07, 6.45) is -2.81. The summed E-state index contributed by atoms with van der Waals surface area (Å²) in [7, 11) is 2.65. The SMILES string of the molecule is C=CCC(CC=C)(CC=C)C1=CC(=O)[C@]2(O)O[C@H]3[C@H](O[C@@H]2O1)[C@@H](O)[C@H](N(C)C(=O)OCc1ccccc1)[C@H](O)[C@@H]3N(C)C(=O)OCc1ccccc1. The number of aliphatic hydroxyl groups excluding tert-OH is 2. The van der Waals surface area contributed by atoms with E-state index in [-0.39, 0.29) is 19.0 Å². The van der Waals surface area contributed by atoms with E-state index in [0.717, 1.165) is 15.9 Å². The maximum atomic E-state index is 13.8. The summed E-state index contributed by atoms with van der Waals surface area (Å²) in [5, 5.41) is 35.5. The number of carbonyl (C=O) groups excluding carboxylic acids is 3. The second kappa shape index (κ2) is 16.3. The van der Waals surface area contributed by atoms with Crippen LogP contribution in [0.25, 0.3) is 0 Å². The van der Waals surface area contributed by atoms with Crippen LogP contribution in [-0.2, 0) is 41.7 Å². The molecule has 0 aromatic heterocycles. The number of aliphatic hydroxyl groups is 3. The summed E-state index contributed by atoms with van der Waals surface area (Å²) in [6.45, 7) is 11.3. The summed E-state index contributed by atoms with van der Waals surface area (Å²) in [5.74, 6) is -3.50. The molecule has 1 saturated carbocycles. The van der Waals surface area contributed by atoms with Crippen LogP contribution in [0.3, 0.4) is 0 Å². The Morgan fingerprint density at radius 1 is 0.808 bits per heavy atom. The van der Waals surface area contributed by atoms with Crippen LogP contribution in [0, 0.1) is 5.41 Å². The second-order valence-electron chi connectivity index (χ2n) is 13.2. The van der Waals surface area contributed by atoms with Gasteiger partial charge in [-0.15, -0.1) is 19.7 Å². The number of rotatable bonds is 13. The number of ether oxygens (including phenoxy) is 5. The van der Waals surface area contributed by atoms with Crippen molar-refractivity contribution in [3.8, 4) is 0 Å². The molecule has 278 valence electrons. The number of fused-ring (bicyclic) bond motifs is 2. The zero-order valence-corrected chi connectivity index (χ0v) is 29.3. The van der Waals surface area contributed by atoms with Crippen LogP contribution >= 0.6 is 0 Å². The molecule has 52 heavy (non-hydrogen) atoms. The number of amides is 2. The Morgan fingerprint density at radius 2 is 1.29 bits per heavy atom. The summed E-state index contributed by atoms with van der Waals surface area (Å²) in [6, 6.07) is 15.0. The zero-order chi connectivity index (χ0) is 37.6. The molecule has 8 atom stereocenters. The number of likely N-dealkylation sites (N-methyl/N-ethyl adjacent to an activating group) is 2. The van der Waals surface area contributed by atoms with Gasteiger partial charge in [0.25, 0.3) is 12.1 Å². The molecule has 0 unspecified atom stereocenters. The molecule has 2 aliphatic heterocycles. The van der Waals surface area contributed by atoms with Crippen LogP contribution in [0.1, 0.15) is 30.4 Å². The van der Waals surface area contributed by atoms with Gasteiger partial charge in [0.1, 0.15) is 43.4 Å². The van der Waals surface area contributed by atoms with Gasteiger partial charge in [0.15, 0.2) is 0 Å². The Kier molecular flexibility index (Phi) is 12.0. The molecule has 2 fully saturated rings. The van der Waals surface area contributed by atoms with Crippen molar-refractivity contribution in [2.45, 2.75) is 81.1 Å². The molecule has 0 spiro atoms. The van der Waals surface area contributed by atoms with Crippen molar-refractivity contribution >= 4 is 18.0 Å². The maximum absolute atomic E-state index is 13.8. The molecule has 3 aliphatic rings. The van der Waals surface area contributed by atoms with Gasteiger partial charge >= 0.3 is 12.2 Å². The predicted molar refractivity (Wildman–Crippen MR) is 188 cm³/mol. The molecule has 13 nitrogen and oxygen atoms in total. The molecular weight excluding hydrogens is 672 g/mol. The summed E-state index contributed by atoms with van der Waals surface area (Å²) in [5.41, 5.74) is 0.558. The van der Waals surface area contributed by atoms with Crippen LogP contribution in [0.2, 0.25) is 0 Å². The first-order valence-electron chi connectivity index (χ1n) is 17.0. The quantitative estimate of drug-likeness (QED) is 0.257. The fourth-order valence-electron chi connectivity index (χ4n) is 7.08. The predicted octanol–water partition coefficient (Wildman–Crippen LogP) is 3.99. The monoisotopic (exact) mass is 718 g/mol. The van der Waals surface area contributed by atoms with E-state index in [9.17, 15) is 29.7 Å². The Hall–Kier alpha value is -4.79. The van der Waals surface area contributed by atoms with Gasteiger partial charge in [-0.05, 0) is 30.4 Å². The lowest BCUT2D eigenvalue weighted by Gasteiger charge is -2.57. The molecule has 3 N–H and O–H groups in total. The van der Waals surface area contributed by atoms with E-state index < -0.39 is 72.0 Å². The van der Waals surface area contributed by atoms with Gasteiger partial charge in [0, 0.05) is 25.6 Å². The number of nitrogens with zero attached hydrogens (tertiary/aromatic N) is 2. The third kappa shape index (κ3) is 7.55. The molecule has 2 aromatic carbocycles. The molecule has 1 aliphatic carbocycles. The Balaban J connectivity index is 1.48. The largest absolute Gasteiger partial charge is 0.462 e. The minimum atomic E-state index is -2.74. The minimum absolute atomic E-state index is 0.0915. The van der Waals surface area contributed by atoms with Gasteiger partial charge in [-0.25, -0.2) is 9.59 Å². The molecular formula is C39H46N2O11. The Morgan fingerprint density at radius 3 is 1.77 bits per heavy atom. The van der Waals surface area contributed by atoms with Crippen LogP contribution in [0.15, 0.2) is 110 Å². The van der Waals surface area contributed by atoms with E-state index in [2.05, 4.69) is 19.7 Å². The topological polar surface area (TPSA) is 165 Å². The van der Waals surface area contributed by atoms with E-state index in [1.54, 1.807) is 66.8 Å². The van der Waals surface area contributed by atoms with Gasteiger partial charge < -0.3 is 48.8 Å². The van der Waals surface area contributed by atoms with Crippen molar-refractivity contribution in [1.82, 2.24) is 9.80 Å². The fraction of sp³-hybridized carbons (Fsp3) is 0.410. The van der Waals surface area contributed by atoms with Crippen molar-refractivity contribution < 1.29 is 53.4 Å². The smallest absolute Gasteiger partial charge is 0.410 e. The van der Waals surface area contributed by atoms with Gasteiger partial charge in [-0.1, -0.05) is 78.9 Å². The molecule has 2 amide bonds. The summed E-state index contributed by atoms with van der Waals surface area (Å²) in [4.78, 5) is 42.7. The number of ketones is 1. The van der Waals surface area contributed by atoms with Gasteiger partial charge in [0.05, 0.1) is 12.1 Å². The minimum Gasteiger partial charge on any atom is -0.462 e. The first-order valence-corrected chi connectivity index (χ1v) is 17.0. The van der Waals surface area contributed by atoms with Gasteiger partial charge in [0.2, 0.25) is 5.78 Å². The normalized spacial score (nSPS) is 28.1. The Labute approximate surface area is 303 Å². The third-order valence-electron chi connectivity index (χ3n) is 9.82. The standard InChI is InChI=1S/C39H46N2O11/c1-6-19-38(20-7-2,21-8-3)28-22-27(42)39(47)35(50-28)51-34-32(44)29(40(4)36(45)48-23-25-15-11-9-12-16-25)31(43)30(33(34)52-39)41(5)37(46)49-24-26-17-13-10-14-18-26/h6-18,22,29-35,43-44,47H,1-3,19-21,23-24H2,4-5H3/t29-,30+,31+,32+,33-,34-,35+,39+/m1/s1. The van der Waals surface area contributed by atoms with Crippen molar-refractivity contribution in [2.75, 3.05) is 14.1 Å². The lowest BCUT2D eigenvalue weighted by atomic mass is 9.74. The van der Waals surface area contributed by atoms with Crippen LogP contribution in [0.5, 0.6) is 0 Å². The highest BCUT2D eigenvalue weighted by atomic mass is 16.8. The number of allylic oxidation sites excluding steroid dienone is 4. The van der Waals surface area contributed by atoms with Crippen molar-refractivity contribution in [1.29, 1.82) is 0 Å². The molecule has 2 heterocycles. The lowest BCUT2D eigenvalue weighted by molar-refractivity contribution is -0.409. The first-order chi connectivity index (χ1) is 24.9. The van der Waals surface area contributed by atoms with E-state index in [0.29, 0.717) is 30.4 Å². The maximum Gasteiger partial charge on any atom is 0.410 e. The van der Waals surface area contributed by atoms with E-state index in [1.807, 2.05) is 12.1 Å². The van der Waals surface area contributed by atoms with Crippen LogP contribution < -0.4 is 0 Å². The lowest BCUT2D eigenvalue weighted by Crippen LogP contribution is -2.78. The van der Waals surface area contributed by atoms with Crippen molar-refractivity contribution in [3.63, 3.8) is 0 Å². The Bertz CT molecular complexity index is 1620. The molecule has 13 heteroatoms. The van der Waals surface area contributed by atoms with Crippen molar-refractivity contribution in [2.24, 2.45) is 5.41 Å². The van der Waals surface area contributed by atoms with E-state index in [1.165, 1.54) is 14.1 Å². The van der Waals surface area contributed by atoms with Crippen LogP contribution in [-0.4, -0.2) is 106 Å². The highest BCUT2D eigenvalue weighted by molar-refractivity contribution is 5.97. The van der Waals surface area contributed by atoms with E-state index in [4.69, 9.17) is 23.7 Å². The zero-order valence-electron chi connectivity index (χ0n) is 29.3. The van der Waals surface area contributed by atoms with Gasteiger partial charge in [-0.3, -0.25) is 4.79 Å². The highest BCUT2D eigenvalue weighted by Gasteiger charge is 2.66. The average Bonchev–Trinajstić information content (AvgIpc) is 3.13. The average molecular weight is 719 g/mol. The fourth-order valence-corrected chi connectivity index (χ4v) is 7.08. The highest BCUT2D eigenvalue weighted by Crippen LogP contribution is 2.48.